The van der Waals surface area contributed by atoms with Crippen LogP contribution >= 0.6 is 23.2 Å². The van der Waals surface area contributed by atoms with Crippen molar-refractivity contribution < 1.29 is 10.2 Å². The average molecular weight is 292 g/mol. The van der Waals surface area contributed by atoms with E-state index in [0.29, 0.717) is 22.0 Å². The van der Waals surface area contributed by atoms with E-state index in [-0.39, 0.29) is 6.61 Å². The third kappa shape index (κ3) is 4.75. The van der Waals surface area contributed by atoms with Gasteiger partial charge in [0.2, 0.25) is 0 Å². The minimum atomic E-state index is -0.618. The number of halogens is 2. The highest BCUT2D eigenvalue weighted by Gasteiger charge is 2.14. The highest BCUT2D eigenvalue weighted by molar-refractivity contribution is 6.42. The molecule has 102 valence electrons. The number of rotatable bonds is 7. The summed E-state index contributed by atoms with van der Waals surface area (Å²) in [5, 5.41) is 19.7. The summed E-state index contributed by atoms with van der Waals surface area (Å²) in [6.07, 6.45) is 0.708. The summed E-state index contributed by atoms with van der Waals surface area (Å²) in [4.78, 5) is 2.07. The Balaban J connectivity index is 2.50. The predicted molar refractivity (Wildman–Crippen MR) is 75.2 cm³/mol. The molecule has 0 spiro atoms. The quantitative estimate of drug-likeness (QED) is 0.812. The van der Waals surface area contributed by atoms with Crippen molar-refractivity contribution in [2.24, 2.45) is 0 Å². The second kappa shape index (κ2) is 7.97. The monoisotopic (exact) mass is 291 g/mol. The molecule has 0 radical (unpaired) electrons. The van der Waals surface area contributed by atoms with Crippen LogP contribution < -0.4 is 0 Å². The molecule has 0 saturated carbocycles. The first-order chi connectivity index (χ1) is 8.56. The van der Waals surface area contributed by atoms with Crippen LogP contribution in [0.3, 0.4) is 0 Å². The zero-order valence-electron chi connectivity index (χ0n) is 10.4. The van der Waals surface area contributed by atoms with E-state index in [0.717, 1.165) is 19.5 Å². The van der Waals surface area contributed by atoms with Crippen molar-refractivity contribution in [3.05, 3.63) is 33.8 Å². The topological polar surface area (TPSA) is 43.7 Å². The van der Waals surface area contributed by atoms with Gasteiger partial charge in [0.15, 0.2) is 0 Å². The van der Waals surface area contributed by atoms with Crippen molar-refractivity contribution >= 4 is 23.2 Å². The van der Waals surface area contributed by atoms with Crippen molar-refractivity contribution in [2.75, 3.05) is 26.7 Å². The van der Waals surface area contributed by atoms with Gasteiger partial charge in [-0.05, 0) is 26.0 Å². The van der Waals surface area contributed by atoms with Crippen LogP contribution in [-0.2, 0) is 0 Å². The van der Waals surface area contributed by atoms with Gasteiger partial charge in [-0.2, -0.15) is 0 Å². The van der Waals surface area contributed by atoms with E-state index < -0.39 is 6.10 Å². The first kappa shape index (κ1) is 15.7. The molecule has 1 aromatic rings. The SMILES string of the molecule is CN(CCCO)CCC(O)c1cccc(Cl)c1Cl. The Bertz CT molecular complexity index is 374. The van der Waals surface area contributed by atoms with E-state index in [1.54, 1.807) is 18.2 Å². The summed E-state index contributed by atoms with van der Waals surface area (Å²) in [5.74, 6) is 0. The lowest BCUT2D eigenvalue weighted by Crippen LogP contribution is -2.23. The Labute approximate surface area is 118 Å². The van der Waals surface area contributed by atoms with Crippen LogP contribution in [0.25, 0.3) is 0 Å². The maximum atomic E-state index is 10.1. The Morgan fingerprint density at radius 3 is 2.67 bits per heavy atom. The molecule has 1 atom stereocenters. The summed E-state index contributed by atoms with van der Waals surface area (Å²) in [5.41, 5.74) is 0.666. The Morgan fingerprint density at radius 1 is 1.28 bits per heavy atom. The summed E-state index contributed by atoms with van der Waals surface area (Å²) < 4.78 is 0. The molecule has 1 unspecified atom stereocenters. The van der Waals surface area contributed by atoms with Gasteiger partial charge < -0.3 is 15.1 Å². The first-order valence-corrected chi connectivity index (χ1v) is 6.73. The van der Waals surface area contributed by atoms with Crippen LogP contribution in [0.2, 0.25) is 10.0 Å². The van der Waals surface area contributed by atoms with E-state index in [4.69, 9.17) is 28.3 Å². The number of hydrogen-bond donors (Lipinski definition) is 2. The standard InChI is InChI=1S/C13H19Cl2NO2/c1-16(7-3-9-17)8-6-12(18)10-4-2-5-11(14)13(10)15/h2,4-5,12,17-18H,3,6-9H2,1H3. The number of hydrogen-bond acceptors (Lipinski definition) is 3. The van der Waals surface area contributed by atoms with E-state index >= 15 is 0 Å². The van der Waals surface area contributed by atoms with Crippen LogP contribution in [0, 0.1) is 0 Å². The van der Waals surface area contributed by atoms with E-state index in [1.807, 2.05) is 7.05 Å². The van der Waals surface area contributed by atoms with Crippen molar-refractivity contribution in [3.63, 3.8) is 0 Å². The molecular weight excluding hydrogens is 273 g/mol. The average Bonchev–Trinajstić information content (AvgIpc) is 2.36. The molecule has 18 heavy (non-hydrogen) atoms. The van der Waals surface area contributed by atoms with Gasteiger partial charge in [0.1, 0.15) is 0 Å². The minimum Gasteiger partial charge on any atom is -0.396 e. The zero-order chi connectivity index (χ0) is 13.5. The number of aliphatic hydroxyl groups is 2. The lowest BCUT2D eigenvalue weighted by atomic mass is 10.1. The molecule has 0 aliphatic heterocycles. The maximum Gasteiger partial charge on any atom is 0.0817 e. The van der Waals surface area contributed by atoms with Gasteiger partial charge in [-0.15, -0.1) is 0 Å². The van der Waals surface area contributed by atoms with Gasteiger partial charge in [0, 0.05) is 25.3 Å². The van der Waals surface area contributed by atoms with Crippen LogP contribution in [0.15, 0.2) is 18.2 Å². The van der Waals surface area contributed by atoms with Gasteiger partial charge in [0.05, 0.1) is 16.1 Å². The molecule has 0 amide bonds. The van der Waals surface area contributed by atoms with Gasteiger partial charge in [-0.25, -0.2) is 0 Å². The second-order valence-corrected chi connectivity index (χ2v) is 5.11. The summed E-state index contributed by atoms with van der Waals surface area (Å²) >= 11 is 12.0. The van der Waals surface area contributed by atoms with Crippen LogP contribution in [0.4, 0.5) is 0 Å². The molecule has 0 aromatic heterocycles. The molecule has 1 rings (SSSR count). The molecule has 3 nitrogen and oxygen atoms in total. The van der Waals surface area contributed by atoms with E-state index in [1.165, 1.54) is 0 Å². The van der Waals surface area contributed by atoms with Crippen LogP contribution in [0.5, 0.6) is 0 Å². The first-order valence-electron chi connectivity index (χ1n) is 5.97. The molecule has 0 aliphatic rings. The molecule has 2 N–H and O–H groups in total. The molecule has 5 heteroatoms. The van der Waals surface area contributed by atoms with Crippen molar-refractivity contribution in [1.29, 1.82) is 0 Å². The largest absolute Gasteiger partial charge is 0.396 e. The molecule has 0 saturated heterocycles. The van der Waals surface area contributed by atoms with Gasteiger partial charge in [0.25, 0.3) is 0 Å². The Kier molecular flexibility index (Phi) is 6.97. The summed E-state index contributed by atoms with van der Waals surface area (Å²) in [7, 11) is 1.96. The fraction of sp³-hybridized carbons (Fsp3) is 0.538. The molecular formula is C13H19Cl2NO2. The number of aliphatic hydroxyl groups excluding tert-OH is 2. The Hall–Kier alpha value is -0.320. The molecule has 0 aliphatic carbocycles. The molecule has 0 heterocycles. The lowest BCUT2D eigenvalue weighted by Gasteiger charge is -2.19. The van der Waals surface area contributed by atoms with E-state index in [2.05, 4.69) is 4.90 Å². The van der Waals surface area contributed by atoms with Gasteiger partial charge in [-0.1, -0.05) is 35.3 Å². The molecule has 0 fully saturated rings. The fourth-order valence-corrected chi connectivity index (χ4v) is 2.16. The number of nitrogens with zero attached hydrogens (tertiary/aromatic N) is 1. The Morgan fingerprint density at radius 2 is 2.00 bits per heavy atom. The van der Waals surface area contributed by atoms with Gasteiger partial charge in [-0.3, -0.25) is 0 Å². The third-order valence-electron chi connectivity index (χ3n) is 2.82. The van der Waals surface area contributed by atoms with Crippen LogP contribution in [-0.4, -0.2) is 41.9 Å². The molecule has 0 bridgehead atoms. The maximum absolute atomic E-state index is 10.1. The zero-order valence-corrected chi connectivity index (χ0v) is 12.0. The highest BCUT2D eigenvalue weighted by Crippen LogP contribution is 2.31. The van der Waals surface area contributed by atoms with Gasteiger partial charge >= 0.3 is 0 Å². The van der Waals surface area contributed by atoms with E-state index in [9.17, 15) is 5.11 Å². The third-order valence-corrected chi connectivity index (χ3v) is 3.66. The fourth-order valence-electron chi connectivity index (χ4n) is 1.73. The van der Waals surface area contributed by atoms with Crippen LogP contribution in [0.1, 0.15) is 24.5 Å². The summed E-state index contributed by atoms with van der Waals surface area (Å²) in [6, 6.07) is 5.27. The molecule has 1 aromatic carbocycles. The minimum absolute atomic E-state index is 0.188. The predicted octanol–water partition coefficient (Wildman–Crippen LogP) is 2.73. The highest BCUT2D eigenvalue weighted by atomic mass is 35.5. The smallest absolute Gasteiger partial charge is 0.0817 e. The van der Waals surface area contributed by atoms with Crippen molar-refractivity contribution in [3.8, 4) is 0 Å². The summed E-state index contributed by atoms with van der Waals surface area (Å²) in [6.45, 7) is 1.74. The number of benzene rings is 1. The second-order valence-electron chi connectivity index (χ2n) is 4.33. The van der Waals surface area contributed by atoms with Crippen molar-refractivity contribution in [2.45, 2.75) is 18.9 Å². The lowest BCUT2D eigenvalue weighted by molar-refractivity contribution is 0.146. The van der Waals surface area contributed by atoms with Crippen molar-refractivity contribution in [1.82, 2.24) is 4.90 Å². The normalized spacial score (nSPS) is 13.0.